The summed E-state index contributed by atoms with van der Waals surface area (Å²) in [5.41, 5.74) is 1.09. The summed E-state index contributed by atoms with van der Waals surface area (Å²) < 4.78 is 5.54. The van der Waals surface area contributed by atoms with Gasteiger partial charge in [-0.2, -0.15) is 0 Å². The van der Waals surface area contributed by atoms with E-state index in [-0.39, 0.29) is 35.5 Å². The molecule has 0 fully saturated rings. The number of halogens is 1. The van der Waals surface area contributed by atoms with Crippen LogP contribution in [0.2, 0.25) is 0 Å². The van der Waals surface area contributed by atoms with Crippen LogP contribution in [0.1, 0.15) is 26.5 Å². The number of aliphatic imine (C=N–C) groups is 1. The molecule has 8 heteroatoms. The number of aromatic nitrogens is 1. The Bertz CT molecular complexity index is 484. The summed E-state index contributed by atoms with van der Waals surface area (Å²) in [6, 6.07) is 0. The quantitative estimate of drug-likeness (QED) is 0.392. The van der Waals surface area contributed by atoms with Gasteiger partial charge in [-0.3, -0.25) is 4.99 Å². The lowest BCUT2D eigenvalue weighted by Crippen LogP contribution is -2.45. The Morgan fingerprint density at radius 2 is 2.04 bits per heavy atom. The monoisotopic (exact) mass is 455 g/mol. The molecular weight excluding hydrogens is 425 g/mol. The van der Waals surface area contributed by atoms with Gasteiger partial charge >= 0.3 is 0 Å². The first-order chi connectivity index (χ1) is 10.3. The van der Waals surface area contributed by atoms with Gasteiger partial charge in [0.15, 0.2) is 11.1 Å². The van der Waals surface area contributed by atoms with Crippen molar-refractivity contribution in [2.75, 3.05) is 39.7 Å². The number of ether oxygens (including phenoxy) is 1. The van der Waals surface area contributed by atoms with Crippen molar-refractivity contribution in [2.24, 2.45) is 10.4 Å². The van der Waals surface area contributed by atoms with Crippen molar-refractivity contribution >= 4 is 46.4 Å². The maximum absolute atomic E-state index is 5.54. The molecule has 0 aromatic carbocycles. The maximum atomic E-state index is 5.54. The van der Waals surface area contributed by atoms with Crippen LogP contribution in [0.15, 0.2) is 10.4 Å². The molecular formula is C15H30IN5OS. The second-order valence-electron chi connectivity index (χ2n) is 6.41. The van der Waals surface area contributed by atoms with Gasteiger partial charge in [0, 0.05) is 40.2 Å². The van der Waals surface area contributed by atoms with Crippen LogP contribution < -0.4 is 15.5 Å². The lowest BCUT2D eigenvalue weighted by atomic mass is 9.89. The lowest BCUT2D eigenvalue weighted by Gasteiger charge is -2.30. The summed E-state index contributed by atoms with van der Waals surface area (Å²) in [6.45, 7) is 7.85. The molecule has 1 rings (SSSR count). The highest BCUT2D eigenvalue weighted by atomic mass is 127. The smallest absolute Gasteiger partial charge is 0.191 e. The van der Waals surface area contributed by atoms with Crippen LogP contribution in [-0.4, -0.2) is 51.8 Å². The Kier molecular flexibility index (Phi) is 10.0. The molecule has 1 aromatic rings. The molecule has 23 heavy (non-hydrogen) atoms. The number of thiazole rings is 1. The van der Waals surface area contributed by atoms with E-state index in [1.54, 1.807) is 25.5 Å². The largest absolute Gasteiger partial charge is 0.379 e. The third-order valence-electron chi connectivity index (χ3n) is 3.29. The second-order valence-corrected chi connectivity index (χ2v) is 7.25. The van der Waals surface area contributed by atoms with Crippen LogP contribution in [0, 0.1) is 5.41 Å². The summed E-state index contributed by atoms with van der Waals surface area (Å²) in [7, 11) is 7.49. The highest BCUT2D eigenvalue weighted by molar-refractivity contribution is 14.0. The van der Waals surface area contributed by atoms with Crippen molar-refractivity contribution in [3.63, 3.8) is 0 Å². The van der Waals surface area contributed by atoms with Gasteiger partial charge in [-0.05, 0) is 5.41 Å². The molecule has 6 nitrogen and oxygen atoms in total. The average molecular weight is 455 g/mol. The number of hydrogen-bond acceptors (Lipinski definition) is 5. The zero-order chi connectivity index (χ0) is 16.8. The first-order valence-electron chi connectivity index (χ1n) is 7.37. The standard InChI is InChI=1S/C15H29N5OS.HI/c1-15(2,3)12(21-7)9-18-13(16-4)17-8-11-10-22-14(19-11)20(5)6;/h10,12H,8-9H2,1-7H3,(H2,16,17,18);1H. The number of nitrogens with zero attached hydrogens (tertiary/aromatic N) is 3. The third kappa shape index (κ3) is 7.67. The minimum Gasteiger partial charge on any atom is -0.379 e. The van der Waals surface area contributed by atoms with E-state index in [9.17, 15) is 0 Å². The van der Waals surface area contributed by atoms with E-state index in [4.69, 9.17) is 4.74 Å². The summed E-state index contributed by atoms with van der Waals surface area (Å²) in [5, 5.41) is 9.65. The number of hydrogen-bond donors (Lipinski definition) is 2. The Morgan fingerprint density at radius 1 is 1.39 bits per heavy atom. The molecule has 1 heterocycles. The van der Waals surface area contributed by atoms with Crippen LogP contribution in [0.3, 0.4) is 0 Å². The van der Waals surface area contributed by atoms with Crippen molar-refractivity contribution in [3.05, 3.63) is 11.1 Å². The predicted octanol–water partition coefficient (Wildman–Crippen LogP) is 2.55. The topological polar surface area (TPSA) is 61.8 Å². The van der Waals surface area contributed by atoms with E-state index in [1.807, 2.05) is 19.0 Å². The average Bonchev–Trinajstić information content (AvgIpc) is 2.90. The Labute approximate surface area is 161 Å². The fourth-order valence-corrected chi connectivity index (χ4v) is 2.67. The Hall–Kier alpha value is -0.610. The molecule has 0 spiro atoms. The molecule has 2 N–H and O–H groups in total. The first-order valence-corrected chi connectivity index (χ1v) is 8.25. The third-order valence-corrected chi connectivity index (χ3v) is 4.35. The summed E-state index contributed by atoms with van der Waals surface area (Å²) in [4.78, 5) is 10.8. The number of methoxy groups -OCH3 is 1. The SMILES string of the molecule is CN=C(NCc1csc(N(C)C)n1)NCC(OC)C(C)(C)C.I. The van der Waals surface area contributed by atoms with E-state index in [1.165, 1.54) is 0 Å². The van der Waals surface area contributed by atoms with Crippen molar-refractivity contribution < 1.29 is 4.74 Å². The highest BCUT2D eigenvalue weighted by Crippen LogP contribution is 2.21. The Morgan fingerprint density at radius 3 is 2.48 bits per heavy atom. The van der Waals surface area contributed by atoms with Crippen LogP contribution in [-0.2, 0) is 11.3 Å². The molecule has 0 aliphatic carbocycles. The maximum Gasteiger partial charge on any atom is 0.191 e. The summed E-state index contributed by atoms with van der Waals surface area (Å²) >= 11 is 1.64. The molecule has 1 aromatic heterocycles. The molecule has 1 unspecified atom stereocenters. The van der Waals surface area contributed by atoms with E-state index < -0.39 is 0 Å². The van der Waals surface area contributed by atoms with Crippen LogP contribution in [0.5, 0.6) is 0 Å². The highest BCUT2D eigenvalue weighted by Gasteiger charge is 2.24. The van der Waals surface area contributed by atoms with Gasteiger partial charge in [0.05, 0.1) is 18.3 Å². The number of guanidine groups is 1. The molecule has 1 atom stereocenters. The minimum atomic E-state index is 0. The second kappa shape index (κ2) is 10.3. The number of anilines is 1. The molecule has 0 amide bonds. The molecule has 0 bridgehead atoms. The summed E-state index contributed by atoms with van der Waals surface area (Å²) in [6.07, 6.45) is 0.116. The van der Waals surface area contributed by atoms with Gasteiger partial charge in [-0.25, -0.2) is 4.98 Å². The van der Waals surface area contributed by atoms with Crippen molar-refractivity contribution in [3.8, 4) is 0 Å². The molecule has 134 valence electrons. The molecule has 0 saturated heterocycles. The van der Waals surface area contributed by atoms with Gasteiger partial charge < -0.3 is 20.3 Å². The van der Waals surface area contributed by atoms with E-state index >= 15 is 0 Å². The van der Waals surface area contributed by atoms with Crippen LogP contribution in [0.4, 0.5) is 5.13 Å². The summed E-state index contributed by atoms with van der Waals surface area (Å²) in [5.74, 6) is 0.755. The Balaban J connectivity index is 0.00000484. The number of nitrogens with one attached hydrogen (secondary N) is 2. The van der Waals surface area contributed by atoms with E-state index in [2.05, 4.69) is 46.8 Å². The lowest BCUT2D eigenvalue weighted by molar-refractivity contribution is 0.0205. The zero-order valence-corrected chi connectivity index (χ0v) is 18.3. The van der Waals surface area contributed by atoms with Crippen LogP contribution >= 0.6 is 35.3 Å². The first kappa shape index (κ1) is 22.4. The fraction of sp³-hybridized carbons (Fsp3) is 0.733. The van der Waals surface area contributed by atoms with E-state index in [0.29, 0.717) is 13.1 Å². The number of rotatable bonds is 6. The zero-order valence-electron chi connectivity index (χ0n) is 15.1. The fourth-order valence-electron chi connectivity index (χ4n) is 1.91. The molecule has 0 saturated carbocycles. The van der Waals surface area contributed by atoms with Crippen LogP contribution in [0.25, 0.3) is 0 Å². The molecule has 0 aliphatic rings. The van der Waals surface area contributed by atoms with Gasteiger partial charge in [-0.1, -0.05) is 20.8 Å². The van der Waals surface area contributed by atoms with Gasteiger partial charge in [0.2, 0.25) is 0 Å². The normalized spacial score (nSPS) is 13.3. The van der Waals surface area contributed by atoms with Crippen molar-refractivity contribution in [1.29, 1.82) is 0 Å². The van der Waals surface area contributed by atoms with Gasteiger partial charge in [0.25, 0.3) is 0 Å². The van der Waals surface area contributed by atoms with Gasteiger partial charge in [-0.15, -0.1) is 35.3 Å². The van der Waals surface area contributed by atoms with Crippen molar-refractivity contribution in [2.45, 2.75) is 33.4 Å². The van der Waals surface area contributed by atoms with Gasteiger partial charge in [0.1, 0.15) is 0 Å². The molecule has 0 radical (unpaired) electrons. The molecule has 0 aliphatic heterocycles. The predicted molar refractivity (Wildman–Crippen MR) is 110 cm³/mol. The minimum absolute atomic E-state index is 0. The van der Waals surface area contributed by atoms with Crippen molar-refractivity contribution in [1.82, 2.24) is 15.6 Å². The van der Waals surface area contributed by atoms with E-state index in [0.717, 1.165) is 16.8 Å².